The van der Waals surface area contributed by atoms with Crippen molar-refractivity contribution in [3.63, 3.8) is 0 Å². The summed E-state index contributed by atoms with van der Waals surface area (Å²) in [5.74, 6) is -0.374. The maximum absolute atomic E-state index is 11.0. The second-order valence-corrected chi connectivity index (χ2v) is 2.34. The molecule has 80 valence electrons. The molecule has 0 saturated heterocycles. The van der Waals surface area contributed by atoms with Gasteiger partial charge in [-0.15, -0.1) is 0 Å². The van der Waals surface area contributed by atoms with Gasteiger partial charge in [0.25, 0.3) is 0 Å². The lowest BCUT2D eigenvalue weighted by atomic mass is 10.2. The molecule has 0 aliphatic heterocycles. The van der Waals surface area contributed by atoms with E-state index in [9.17, 15) is 4.79 Å². The maximum atomic E-state index is 11.0. The lowest BCUT2D eigenvalue weighted by molar-refractivity contribution is 0.0664. The Hall–Kier alpha value is -2.03. The standard InChI is InChI=1S/C9H8O2.C3H6O/c1-2-11-9(10)8-6-4-3-5-7-8;1-3-4-2/h2-7H,1H2;3H,1H2,2H3. The van der Waals surface area contributed by atoms with E-state index in [1.807, 2.05) is 6.07 Å². The Labute approximate surface area is 89.6 Å². The smallest absolute Gasteiger partial charge is 0.342 e. The summed E-state index contributed by atoms with van der Waals surface area (Å²) >= 11 is 0. The molecule has 0 spiro atoms. The van der Waals surface area contributed by atoms with E-state index >= 15 is 0 Å². The second-order valence-electron chi connectivity index (χ2n) is 2.34. The highest BCUT2D eigenvalue weighted by Gasteiger charge is 2.01. The minimum atomic E-state index is -0.374. The Bertz CT molecular complexity index is 304. The van der Waals surface area contributed by atoms with Crippen LogP contribution in [-0.4, -0.2) is 13.1 Å². The SMILES string of the molecule is C=COC.C=COC(=O)c1ccccc1. The van der Waals surface area contributed by atoms with E-state index in [0.717, 1.165) is 6.26 Å². The molecule has 0 bridgehead atoms. The van der Waals surface area contributed by atoms with Crippen molar-refractivity contribution in [1.82, 2.24) is 0 Å². The fraction of sp³-hybridized carbons (Fsp3) is 0.0833. The molecule has 3 nitrogen and oxygen atoms in total. The van der Waals surface area contributed by atoms with Crippen LogP contribution in [0.2, 0.25) is 0 Å². The predicted octanol–water partition coefficient (Wildman–Crippen LogP) is 2.76. The number of esters is 1. The van der Waals surface area contributed by atoms with E-state index in [1.54, 1.807) is 31.4 Å². The molecule has 0 heterocycles. The van der Waals surface area contributed by atoms with Crippen LogP contribution in [0.3, 0.4) is 0 Å². The molecule has 15 heavy (non-hydrogen) atoms. The number of hydrogen-bond acceptors (Lipinski definition) is 3. The van der Waals surface area contributed by atoms with Crippen molar-refractivity contribution >= 4 is 5.97 Å². The molecular weight excluding hydrogens is 192 g/mol. The Morgan fingerprint density at radius 1 is 1.20 bits per heavy atom. The van der Waals surface area contributed by atoms with Crippen molar-refractivity contribution in [2.75, 3.05) is 7.11 Å². The first-order chi connectivity index (χ1) is 7.26. The quantitative estimate of drug-likeness (QED) is 0.563. The summed E-state index contributed by atoms with van der Waals surface area (Å²) < 4.78 is 8.86. The number of methoxy groups -OCH3 is 1. The summed E-state index contributed by atoms with van der Waals surface area (Å²) in [6, 6.07) is 8.77. The van der Waals surface area contributed by atoms with Gasteiger partial charge in [0.1, 0.15) is 0 Å². The van der Waals surface area contributed by atoms with Gasteiger partial charge in [-0.1, -0.05) is 31.4 Å². The molecule has 0 atom stereocenters. The monoisotopic (exact) mass is 206 g/mol. The lowest BCUT2D eigenvalue weighted by Gasteiger charge is -1.96. The number of benzene rings is 1. The first-order valence-electron chi connectivity index (χ1n) is 4.27. The lowest BCUT2D eigenvalue weighted by Crippen LogP contribution is -1.98. The van der Waals surface area contributed by atoms with E-state index in [-0.39, 0.29) is 5.97 Å². The third-order valence-corrected chi connectivity index (χ3v) is 1.37. The third-order valence-electron chi connectivity index (χ3n) is 1.37. The van der Waals surface area contributed by atoms with Gasteiger partial charge >= 0.3 is 5.97 Å². The molecule has 0 unspecified atom stereocenters. The molecule has 0 fully saturated rings. The Kier molecular flexibility index (Phi) is 7.40. The first-order valence-corrected chi connectivity index (χ1v) is 4.27. The van der Waals surface area contributed by atoms with E-state index in [4.69, 9.17) is 0 Å². The Balaban J connectivity index is 0.000000423. The molecule has 1 rings (SSSR count). The molecule has 0 aromatic heterocycles. The summed E-state index contributed by atoms with van der Waals surface area (Å²) in [6.07, 6.45) is 2.50. The van der Waals surface area contributed by atoms with Gasteiger partial charge in [-0.25, -0.2) is 4.79 Å². The van der Waals surface area contributed by atoms with Crippen molar-refractivity contribution in [2.24, 2.45) is 0 Å². The predicted molar refractivity (Wildman–Crippen MR) is 59.3 cm³/mol. The summed E-state index contributed by atoms with van der Waals surface area (Å²) in [4.78, 5) is 11.0. The van der Waals surface area contributed by atoms with Crippen LogP contribution < -0.4 is 0 Å². The van der Waals surface area contributed by atoms with E-state index in [2.05, 4.69) is 22.6 Å². The minimum absolute atomic E-state index is 0.374. The van der Waals surface area contributed by atoms with Crippen molar-refractivity contribution in [1.29, 1.82) is 0 Å². The van der Waals surface area contributed by atoms with Gasteiger partial charge in [-0.05, 0) is 12.1 Å². The molecule has 0 radical (unpaired) electrons. The van der Waals surface area contributed by atoms with Gasteiger partial charge in [-0.3, -0.25) is 0 Å². The number of carbonyl (C=O) groups is 1. The molecule has 0 amide bonds. The van der Waals surface area contributed by atoms with Crippen LogP contribution in [0.25, 0.3) is 0 Å². The molecule has 0 saturated carbocycles. The zero-order valence-corrected chi connectivity index (χ0v) is 8.68. The topological polar surface area (TPSA) is 35.5 Å². The van der Waals surface area contributed by atoms with Gasteiger partial charge in [0, 0.05) is 0 Å². The molecule has 1 aromatic rings. The normalized spacial score (nSPS) is 7.80. The average molecular weight is 206 g/mol. The number of rotatable bonds is 3. The minimum Gasteiger partial charge on any atom is -0.505 e. The van der Waals surface area contributed by atoms with Crippen molar-refractivity contribution in [3.8, 4) is 0 Å². The van der Waals surface area contributed by atoms with Crippen molar-refractivity contribution < 1.29 is 14.3 Å². The van der Waals surface area contributed by atoms with Gasteiger partial charge < -0.3 is 9.47 Å². The largest absolute Gasteiger partial charge is 0.505 e. The summed E-state index contributed by atoms with van der Waals surface area (Å²) in [6.45, 7) is 6.54. The summed E-state index contributed by atoms with van der Waals surface area (Å²) in [5, 5.41) is 0. The van der Waals surface area contributed by atoms with Crippen LogP contribution in [0.4, 0.5) is 0 Å². The number of ether oxygens (including phenoxy) is 2. The van der Waals surface area contributed by atoms with E-state index in [0.29, 0.717) is 5.56 Å². The fourth-order valence-corrected chi connectivity index (χ4v) is 0.718. The number of carbonyl (C=O) groups excluding carboxylic acids is 1. The fourth-order valence-electron chi connectivity index (χ4n) is 0.718. The highest BCUT2D eigenvalue weighted by molar-refractivity contribution is 5.89. The highest BCUT2D eigenvalue weighted by Crippen LogP contribution is 2.00. The molecular formula is C12H14O3. The average Bonchev–Trinajstić information content (AvgIpc) is 2.31. The zero-order chi connectivity index (χ0) is 11.5. The molecule has 1 aromatic carbocycles. The maximum Gasteiger partial charge on any atom is 0.342 e. The molecule has 3 heteroatoms. The van der Waals surface area contributed by atoms with Crippen LogP contribution in [0, 0.1) is 0 Å². The van der Waals surface area contributed by atoms with Gasteiger partial charge in [-0.2, -0.15) is 0 Å². The van der Waals surface area contributed by atoms with Crippen LogP contribution in [0.15, 0.2) is 56.0 Å². The van der Waals surface area contributed by atoms with Gasteiger partial charge in [0.2, 0.25) is 0 Å². The molecule has 0 N–H and O–H groups in total. The van der Waals surface area contributed by atoms with Crippen LogP contribution in [0.1, 0.15) is 10.4 Å². The highest BCUT2D eigenvalue weighted by atomic mass is 16.5. The van der Waals surface area contributed by atoms with Crippen molar-refractivity contribution in [3.05, 3.63) is 61.6 Å². The Morgan fingerprint density at radius 2 is 1.73 bits per heavy atom. The van der Waals surface area contributed by atoms with Crippen LogP contribution >= 0.6 is 0 Å². The molecule has 0 aliphatic carbocycles. The van der Waals surface area contributed by atoms with Crippen LogP contribution in [0.5, 0.6) is 0 Å². The summed E-state index contributed by atoms with van der Waals surface area (Å²) in [5.41, 5.74) is 0.535. The Morgan fingerprint density at radius 3 is 2.13 bits per heavy atom. The van der Waals surface area contributed by atoms with E-state index in [1.165, 1.54) is 6.26 Å². The second kappa shape index (κ2) is 8.56. The third kappa shape index (κ3) is 6.10. The van der Waals surface area contributed by atoms with Crippen LogP contribution in [-0.2, 0) is 9.47 Å². The van der Waals surface area contributed by atoms with E-state index < -0.39 is 0 Å². The zero-order valence-electron chi connectivity index (χ0n) is 8.68. The first kappa shape index (κ1) is 13.0. The van der Waals surface area contributed by atoms with Gasteiger partial charge in [0.05, 0.1) is 25.2 Å². The number of hydrogen-bond donors (Lipinski definition) is 0. The summed E-state index contributed by atoms with van der Waals surface area (Å²) in [7, 11) is 1.56. The molecule has 0 aliphatic rings. The van der Waals surface area contributed by atoms with Gasteiger partial charge in [0.15, 0.2) is 0 Å². The van der Waals surface area contributed by atoms with Crippen molar-refractivity contribution in [2.45, 2.75) is 0 Å².